The minimum atomic E-state index is 0.00348. The minimum absolute atomic E-state index is 0.00348. The van der Waals surface area contributed by atoms with E-state index in [-0.39, 0.29) is 6.23 Å². The Morgan fingerprint density at radius 2 is 1.78 bits per heavy atom. The summed E-state index contributed by atoms with van der Waals surface area (Å²) in [5.41, 5.74) is 3.81. The van der Waals surface area contributed by atoms with E-state index in [4.69, 9.17) is 14.2 Å². The molecule has 120 valence electrons. The van der Waals surface area contributed by atoms with Gasteiger partial charge in [0.2, 0.25) is 0 Å². The second kappa shape index (κ2) is 5.87. The number of benzene rings is 2. The number of hydrogen-bond donors (Lipinski definition) is 0. The van der Waals surface area contributed by atoms with Gasteiger partial charge in [0, 0.05) is 12.1 Å². The first-order valence-corrected chi connectivity index (χ1v) is 7.99. The number of methoxy groups -OCH3 is 2. The van der Waals surface area contributed by atoms with Crippen LogP contribution in [0.15, 0.2) is 42.5 Å². The largest absolute Gasteiger partial charge is 0.493 e. The highest BCUT2D eigenvalue weighted by Crippen LogP contribution is 2.45. The zero-order chi connectivity index (χ0) is 15.8. The Bertz CT molecular complexity index is 701. The first kappa shape index (κ1) is 14.5. The number of hydrogen-bond acceptors (Lipinski definition) is 4. The molecular formula is C19H21NO3. The summed E-state index contributed by atoms with van der Waals surface area (Å²) in [6.07, 6.45) is 1.00. The first-order chi connectivity index (χ1) is 11.3. The number of nitrogens with zero attached hydrogens (tertiary/aromatic N) is 1. The topological polar surface area (TPSA) is 30.9 Å². The Morgan fingerprint density at radius 3 is 2.52 bits per heavy atom. The molecule has 0 amide bonds. The maximum Gasteiger partial charge on any atom is 0.161 e. The summed E-state index contributed by atoms with van der Waals surface area (Å²) in [5.74, 6) is 1.55. The Balaban J connectivity index is 1.69. The molecule has 2 aromatic carbocycles. The van der Waals surface area contributed by atoms with Crippen LogP contribution in [0, 0.1) is 0 Å². The van der Waals surface area contributed by atoms with E-state index in [0.717, 1.165) is 31.1 Å². The molecule has 0 aliphatic carbocycles. The molecule has 23 heavy (non-hydrogen) atoms. The molecule has 0 radical (unpaired) electrons. The monoisotopic (exact) mass is 311 g/mol. The van der Waals surface area contributed by atoms with Gasteiger partial charge in [0.05, 0.1) is 26.9 Å². The van der Waals surface area contributed by atoms with Crippen molar-refractivity contribution in [2.45, 2.75) is 18.7 Å². The van der Waals surface area contributed by atoms with Crippen LogP contribution < -0.4 is 9.47 Å². The molecule has 1 saturated heterocycles. The van der Waals surface area contributed by atoms with Crippen molar-refractivity contribution in [3.8, 4) is 11.5 Å². The van der Waals surface area contributed by atoms with Crippen molar-refractivity contribution in [2.24, 2.45) is 0 Å². The molecule has 2 aliphatic heterocycles. The van der Waals surface area contributed by atoms with Crippen LogP contribution in [0.1, 0.15) is 29.0 Å². The van der Waals surface area contributed by atoms with Crippen LogP contribution >= 0.6 is 0 Å². The Hall–Kier alpha value is -2.04. The second-order valence-corrected chi connectivity index (χ2v) is 6.01. The molecule has 2 aromatic rings. The molecule has 0 N–H and O–H groups in total. The van der Waals surface area contributed by atoms with Gasteiger partial charge in [-0.15, -0.1) is 0 Å². The van der Waals surface area contributed by atoms with Gasteiger partial charge < -0.3 is 14.2 Å². The molecule has 4 rings (SSSR count). The third-order valence-electron chi connectivity index (χ3n) is 4.85. The van der Waals surface area contributed by atoms with Crippen LogP contribution in [-0.2, 0) is 11.2 Å². The van der Waals surface area contributed by atoms with Gasteiger partial charge in [-0.3, -0.25) is 4.90 Å². The predicted molar refractivity (Wildman–Crippen MR) is 87.8 cm³/mol. The van der Waals surface area contributed by atoms with Crippen LogP contribution in [0.25, 0.3) is 0 Å². The van der Waals surface area contributed by atoms with E-state index >= 15 is 0 Å². The summed E-state index contributed by atoms with van der Waals surface area (Å²) in [6, 6.07) is 15.1. The maximum atomic E-state index is 6.15. The lowest BCUT2D eigenvalue weighted by Gasteiger charge is -2.34. The standard InChI is InChI=1S/C19H21NO3/c1-21-17-10-14-8-9-20-16(13-6-4-3-5-7-13)12-23-19(20)15(14)11-18(17)22-2/h3-7,10-11,16,19H,8-9,12H2,1-2H3/t16-,19-/m0/s1. The van der Waals surface area contributed by atoms with E-state index in [2.05, 4.69) is 47.4 Å². The van der Waals surface area contributed by atoms with Gasteiger partial charge in [0.15, 0.2) is 11.5 Å². The van der Waals surface area contributed by atoms with Gasteiger partial charge in [-0.1, -0.05) is 30.3 Å². The summed E-state index contributed by atoms with van der Waals surface area (Å²) in [7, 11) is 3.35. The van der Waals surface area contributed by atoms with E-state index in [1.807, 2.05) is 0 Å². The summed E-state index contributed by atoms with van der Waals surface area (Å²) in [4.78, 5) is 2.45. The Kier molecular flexibility index (Phi) is 3.71. The first-order valence-electron chi connectivity index (χ1n) is 7.99. The van der Waals surface area contributed by atoms with Gasteiger partial charge in [-0.2, -0.15) is 0 Å². The van der Waals surface area contributed by atoms with Gasteiger partial charge in [-0.25, -0.2) is 0 Å². The second-order valence-electron chi connectivity index (χ2n) is 6.01. The lowest BCUT2D eigenvalue weighted by Crippen LogP contribution is -2.33. The van der Waals surface area contributed by atoms with Crippen molar-refractivity contribution >= 4 is 0 Å². The molecule has 0 saturated carbocycles. The highest BCUT2D eigenvalue weighted by atomic mass is 16.5. The van der Waals surface area contributed by atoms with E-state index in [0.29, 0.717) is 6.04 Å². The van der Waals surface area contributed by atoms with Crippen LogP contribution in [0.3, 0.4) is 0 Å². The van der Waals surface area contributed by atoms with Gasteiger partial charge in [0.25, 0.3) is 0 Å². The van der Waals surface area contributed by atoms with Crippen molar-refractivity contribution < 1.29 is 14.2 Å². The predicted octanol–water partition coefficient (Wildman–Crippen LogP) is 3.33. The molecular weight excluding hydrogens is 290 g/mol. The molecule has 2 atom stereocenters. The highest BCUT2D eigenvalue weighted by Gasteiger charge is 2.40. The van der Waals surface area contributed by atoms with Crippen molar-refractivity contribution in [3.63, 3.8) is 0 Å². The van der Waals surface area contributed by atoms with E-state index in [9.17, 15) is 0 Å². The number of fused-ring (bicyclic) bond motifs is 3. The van der Waals surface area contributed by atoms with Crippen LogP contribution in [-0.4, -0.2) is 32.3 Å². The summed E-state index contributed by atoms with van der Waals surface area (Å²) >= 11 is 0. The fourth-order valence-electron chi connectivity index (χ4n) is 3.67. The molecule has 2 aliphatic rings. The molecule has 1 fully saturated rings. The molecule has 0 bridgehead atoms. The zero-order valence-corrected chi connectivity index (χ0v) is 13.5. The van der Waals surface area contributed by atoms with Crippen LogP contribution in [0.2, 0.25) is 0 Å². The maximum absolute atomic E-state index is 6.15. The minimum Gasteiger partial charge on any atom is -0.493 e. The van der Waals surface area contributed by atoms with Crippen molar-refractivity contribution in [3.05, 3.63) is 59.2 Å². The third kappa shape index (κ3) is 2.38. The van der Waals surface area contributed by atoms with Crippen molar-refractivity contribution in [1.29, 1.82) is 0 Å². The van der Waals surface area contributed by atoms with Gasteiger partial charge in [-0.05, 0) is 29.7 Å². The zero-order valence-electron chi connectivity index (χ0n) is 13.5. The quantitative estimate of drug-likeness (QED) is 0.870. The highest BCUT2D eigenvalue weighted by molar-refractivity contribution is 5.49. The van der Waals surface area contributed by atoms with E-state index in [1.165, 1.54) is 16.7 Å². The van der Waals surface area contributed by atoms with E-state index < -0.39 is 0 Å². The van der Waals surface area contributed by atoms with E-state index in [1.54, 1.807) is 14.2 Å². The van der Waals surface area contributed by atoms with Crippen LogP contribution in [0.4, 0.5) is 0 Å². The Labute approximate surface area is 136 Å². The van der Waals surface area contributed by atoms with Gasteiger partial charge in [0.1, 0.15) is 6.23 Å². The smallest absolute Gasteiger partial charge is 0.161 e. The third-order valence-corrected chi connectivity index (χ3v) is 4.85. The molecule has 0 spiro atoms. The lowest BCUT2D eigenvalue weighted by atomic mass is 9.95. The average Bonchev–Trinajstić information content (AvgIpc) is 3.05. The Morgan fingerprint density at radius 1 is 1.04 bits per heavy atom. The van der Waals surface area contributed by atoms with Crippen molar-refractivity contribution in [1.82, 2.24) is 4.90 Å². The summed E-state index contributed by atoms with van der Waals surface area (Å²) in [5, 5.41) is 0. The summed E-state index contributed by atoms with van der Waals surface area (Å²) in [6.45, 7) is 1.72. The van der Waals surface area contributed by atoms with Gasteiger partial charge >= 0.3 is 0 Å². The fourth-order valence-corrected chi connectivity index (χ4v) is 3.67. The normalized spacial score (nSPS) is 23.2. The number of ether oxygens (including phenoxy) is 3. The number of rotatable bonds is 3. The fraction of sp³-hybridized carbons (Fsp3) is 0.368. The van der Waals surface area contributed by atoms with Crippen LogP contribution in [0.5, 0.6) is 11.5 Å². The lowest BCUT2D eigenvalue weighted by molar-refractivity contribution is 0.0215. The SMILES string of the molecule is COc1cc2c(cc1OC)[C@@H]1OC[C@@H](c3ccccc3)N1CC2. The molecule has 0 unspecified atom stereocenters. The summed E-state index contributed by atoms with van der Waals surface area (Å²) < 4.78 is 17.0. The molecule has 4 nitrogen and oxygen atoms in total. The molecule has 4 heteroatoms. The van der Waals surface area contributed by atoms with Crippen molar-refractivity contribution in [2.75, 3.05) is 27.4 Å². The average molecular weight is 311 g/mol. The molecule has 2 heterocycles. The molecule has 0 aromatic heterocycles.